The molecule has 0 aliphatic carbocycles. The molecule has 1 rings (SSSR count). The summed E-state index contributed by atoms with van der Waals surface area (Å²) in [5.41, 5.74) is 6.75. The lowest BCUT2D eigenvalue weighted by Crippen LogP contribution is -2.31. The van der Waals surface area contributed by atoms with Crippen LogP contribution in [0.1, 0.15) is 15.6 Å². The molecular formula is C11H18N4S. The Morgan fingerprint density at radius 2 is 2.38 bits per heavy atom. The SMILES string of the molecule is C=CCNC(N)=NCCc1nc(C)c(C)s1. The van der Waals surface area contributed by atoms with Crippen LogP contribution in [0, 0.1) is 13.8 Å². The summed E-state index contributed by atoms with van der Waals surface area (Å²) in [6, 6.07) is 0. The molecule has 1 aromatic heterocycles. The van der Waals surface area contributed by atoms with E-state index in [9.17, 15) is 0 Å². The third kappa shape index (κ3) is 4.02. The van der Waals surface area contributed by atoms with Crippen molar-refractivity contribution < 1.29 is 0 Å². The number of thiazole rings is 1. The van der Waals surface area contributed by atoms with Gasteiger partial charge in [0.25, 0.3) is 0 Å². The zero-order chi connectivity index (χ0) is 12.0. The van der Waals surface area contributed by atoms with Crippen molar-refractivity contribution in [2.75, 3.05) is 13.1 Å². The topological polar surface area (TPSA) is 63.3 Å². The summed E-state index contributed by atoms with van der Waals surface area (Å²) in [5, 5.41) is 4.05. The van der Waals surface area contributed by atoms with E-state index in [2.05, 4.69) is 28.8 Å². The van der Waals surface area contributed by atoms with Crippen LogP contribution in [0.5, 0.6) is 0 Å². The van der Waals surface area contributed by atoms with Crippen LogP contribution < -0.4 is 11.1 Å². The van der Waals surface area contributed by atoms with Gasteiger partial charge in [0.05, 0.1) is 10.7 Å². The van der Waals surface area contributed by atoms with Gasteiger partial charge in [0.2, 0.25) is 0 Å². The minimum absolute atomic E-state index is 0.463. The Kier molecular flexibility index (Phi) is 4.98. The second kappa shape index (κ2) is 6.27. The lowest BCUT2D eigenvalue weighted by molar-refractivity contribution is 0.916. The Morgan fingerprint density at radius 3 is 2.94 bits per heavy atom. The van der Waals surface area contributed by atoms with E-state index in [1.807, 2.05) is 6.92 Å². The third-order valence-corrected chi connectivity index (χ3v) is 3.24. The minimum Gasteiger partial charge on any atom is -0.370 e. The van der Waals surface area contributed by atoms with Gasteiger partial charge in [-0.25, -0.2) is 4.98 Å². The number of nitrogens with one attached hydrogen (secondary N) is 1. The number of aliphatic imine (C=N–C) groups is 1. The van der Waals surface area contributed by atoms with Crippen molar-refractivity contribution >= 4 is 17.3 Å². The number of rotatable bonds is 5. The molecule has 5 heteroatoms. The Labute approximate surface area is 100 Å². The van der Waals surface area contributed by atoms with Crippen molar-refractivity contribution in [3.63, 3.8) is 0 Å². The molecule has 0 spiro atoms. The lowest BCUT2D eigenvalue weighted by Gasteiger charge is -2.00. The molecule has 0 aliphatic heterocycles. The van der Waals surface area contributed by atoms with Gasteiger partial charge < -0.3 is 11.1 Å². The maximum atomic E-state index is 5.63. The Balaban J connectivity index is 2.37. The first-order valence-electron chi connectivity index (χ1n) is 5.21. The average molecular weight is 238 g/mol. The molecule has 0 radical (unpaired) electrons. The molecule has 1 aromatic rings. The van der Waals surface area contributed by atoms with E-state index in [1.54, 1.807) is 17.4 Å². The van der Waals surface area contributed by atoms with Crippen molar-refractivity contribution in [2.45, 2.75) is 20.3 Å². The number of guanidine groups is 1. The fourth-order valence-corrected chi connectivity index (χ4v) is 2.07. The van der Waals surface area contributed by atoms with Gasteiger partial charge in [0, 0.05) is 24.4 Å². The van der Waals surface area contributed by atoms with E-state index in [0.717, 1.165) is 17.1 Å². The van der Waals surface area contributed by atoms with Gasteiger partial charge in [-0.1, -0.05) is 6.08 Å². The highest BCUT2D eigenvalue weighted by atomic mass is 32.1. The first kappa shape index (κ1) is 12.7. The Bertz CT molecular complexity index is 362. The van der Waals surface area contributed by atoms with Gasteiger partial charge >= 0.3 is 0 Å². The van der Waals surface area contributed by atoms with E-state index >= 15 is 0 Å². The number of nitrogens with two attached hydrogens (primary N) is 1. The molecule has 16 heavy (non-hydrogen) atoms. The van der Waals surface area contributed by atoms with Crippen LogP contribution in [-0.4, -0.2) is 24.0 Å². The van der Waals surface area contributed by atoms with Gasteiger partial charge in [-0.3, -0.25) is 4.99 Å². The highest BCUT2D eigenvalue weighted by Crippen LogP contribution is 2.16. The Hall–Kier alpha value is -1.36. The largest absolute Gasteiger partial charge is 0.370 e. The molecular weight excluding hydrogens is 220 g/mol. The van der Waals surface area contributed by atoms with Crippen molar-refractivity contribution in [2.24, 2.45) is 10.7 Å². The molecule has 1 heterocycles. The quantitative estimate of drug-likeness (QED) is 0.463. The number of aryl methyl sites for hydroxylation is 2. The molecule has 0 saturated carbocycles. The molecule has 0 aromatic carbocycles. The smallest absolute Gasteiger partial charge is 0.188 e. The predicted molar refractivity (Wildman–Crippen MR) is 70.0 cm³/mol. The van der Waals surface area contributed by atoms with E-state index in [4.69, 9.17) is 5.73 Å². The van der Waals surface area contributed by atoms with Crippen LogP contribution in [0.3, 0.4) is 0 Å². The molecule has 0 amide bonds. The second-order valence-corrected chi connectivity index (χ2v) is 4.72. The van der Waals surface area contributed by atoms with Gasteiger partial charge in [0.1, 0.15) is 0 Å². The van der Waals surface area contributed by atoms with Gasteiger partial charge in [-0.15, -0.1) is 17.9 Å². The zero-order valence-corrected chi connectivity index (χ0v) is 10.6. The van der Waals surface area contributed by atoms with Crippen LogP contribution >= 0.6 is 11.3 Å². The molecule has 4 nitrogen and oxygen atoms in total. The molecule has 0 aliphatic rings. The summed E-state index contributed by atoms with van der Waals surface area (Å²) >= 11 is 1.73. The van der Waals surface area contributed by atoms with Gasteiger partial charge in [0.15, 0.2) is 5.96 Å². The normalized spacial score (nSPS) is 11.5. The standard InChI is InChI=1S/C11H18N4S/c1-4-6-13-11(12)14-7-5-10-15-8(2)9(3)16-10/h4H,1,5-7H2,2-3H3,(H3,12,13,14). The van der Waals surface area contributed by atoms with Gasteiger partial charge in [-0.05, 0) is 13.8 Å². The molecule has 88 valence electrons. The number of aromatic nitrogens is 1. The molecule has 0 fully saturated rings. The van der Waals surface area contributed by atoms with Crippen molar-refractivity contribution in [3.8, 4) is 0 Å². The fourth-order valence-electron chi connectivity index (χ4n) is 1.15. The molecule has 3 N–H and O–H groups in total. The van der Waals surface area contributed by atoms with Crippen molar-refractivity contribution in [1.29, 1.82) is 0 Å². The fraction of sp³-hybridized carbons (Fsp3) is 0.455. The highest BCUT2D eigenvalue weighted by molar-refractivity contribution is 7.11. The summed E-state index contributed by atoms with van der Waals surface area (Å²) in [5.74, 6) is 0.463. The lowest BCUT2D eigenvalue weighted by atomic mass is 10.4. The zero-order valence-electron chi connectivity index (χ0n) is 9.79. The predicted octanol–water partition coefficient (Wildman–Crippen LogP) is 1.39. The third-order valence-electron chi connectivity index (χ3n) is 2.11. The van der Waals surface area contributed by atoms with Crippen LogP contribution in [0.4, 0.5) is 0 Å². The first-order valence-corrected chi connectivity index (χ1v) is 6.02. The number of hydrogen-bond acceptors (Lipinski definition) is 3. The van der Waals surface area contributed by atoms with Crippen LogP contribution in [0.15, 0.2) is 17.6 Å². The maximum Gasteiger partial charge on any atom is 0.188 e. The van der Waals surface area contributed by atoms with Crippen LogP contribution in [0.2, 0.25) is 0 Å². The maximum absolute atomic E-state index is 5.63. The van der Waals surface area contributed by atoms with Gasteiger partial charge in [-0.2, -0.15) is 0 Å². The summed E-state index contributed by atoms with van der Waals surface area (Å²) in [7, 11) is 0. The van der Waals surface area contributed by atoms with E-state index in [1.165, 1.54) is 4.88 Å². The minimum atomic E-state index is 0.463. The van der Waals surface area contributed by atoms with Crippen molar-refractivity contribution in [1.82, 2.24) is 10.3 Å². The average Bonchev–Trinajstić information content (AvgIpc) is 2.55. The van der Waals surface area contributed by atoms with Crippen LogP contribution in [-0.2, 0) is 6.42 Å². The molecule has 0 unspecified atom stereocenters. The van der Waals surface area contributed by atoms with Crippen LogP contribution in [0.25, 0.3) is 0 Å². The molecule has 0 bridgehead atoms. The summed E-state index contributed by atoms with van der Waals surface area (Å²) in [4.78, 5) is 9.91. The first-order chi connectivity index (χ1) is 7.63. The van der Waals surface area contributed by atoms with E-state index < -0.39 is 0 Å². The summed E-state index contributed by atoms with van der Waals surface area (Å²) < 4.78 is 0. The number of nitrogens with zero attached hydrogens (tertiary/aromatic N) is 2. The van der Waals surface area contributed by atoms with E-state index in [-0.39, 0.29) is 0 Å². The Morgan fingerprint density at radius 1 is 1.62 bits per heavy atom. The summed E-state index contributed by atoms with van der Waals surface area (Å²) in [6.45, 7) is 9.01. The molecule has 0 atom stereocenters. The second-order valence-electron chi connectivity index (χ2n) is 3.44. The number of hydrogen-bond donors (Lipinski definition) is 2. The van der Waals surface area contributed by atoms with Crippen molar-refractivity contribution in [3.05, 3.63) is 28.2 Å². The highest BCUT2D eigenvalue weighted by Gasteiger charge is 2.02. The summed E-state index contributed by atoms with van der Waals surface area (Å²) in [6.07, 6.45) is 2.59. The van der Waals surface area contributed by atoms with E-state index in [0.29, 0.717) is 19.0 Å². The molecule has 0 saturated heterocycles. The monoisotopic (exact) mass is 238 g/mol.